The Hall–Kier alpha value is -0.210. The van der Waals surface area contributed by atoms with E-state index in [1.165, 1.54) is 6.92 Å². The first-order valence-electron chi connectivity index (χ1n) is 5.29. The minimum atomic E-state index is -4.42. The number of quaternary nitrogens is 1. The first-order chi connectivity index (χ1) is 7.10. The Kier molecular flexibility index (Phi) is 9.04. The third-order valence-corrected chi connectivity index (χ3v) is 2.92. The van der Waals surface area contributed by atoms with Crippen LogP contribution in [0.15, 0.2) is 0 Å². The Balaban J connectivity index is 0. The average molecular weight is 256 g/mol. The van der Waals surface area contributed by atoms with Crippen LogP contribution in [0.25, 0.3) is 0 Å². The summed E-state index contributed by atoms with van der Waals surface area (Å²) in [5, 5.41) is 0. The molecule has 0 aromatic carbocycles. The van der Waals surface area contributed by atoms with Crippen LogP contribution in [0, 0.1) is 0 Å². The molecule has 0 fully saturated rings. The normalized spacial score (nSPS) is 13.9. The van der Waals surface area contributed by atoms with Gasteiger partial charge in [-0.05, 0) is 13.8 Å². The van der Waals surface area contributed by atoms with Crippen molar-refractivity contribution >= 4 is 10.4 Å². The predicted molar refractivity (Wildman–Crippen MR) is 62.2 cm³/mol. The summed E-state index contributed by atoms with van der Waals surface area (Å²) >= 11 is 0. The van der Waals surface area contributed by atoms with E-state index >= 15 is 0 Å². The summed E-state index contributed by atoms with van der Waals surface area (Å²) in [6, 6.07) is 0. The van der Waals surface area contributed by atoms with Gasteiger partial charge in [0.25, 0.3) is 0 Å². The molecule has 16 heavy (non-hydrogen) atoms. The molecule has 2 N–H and O–H groups in total. The predicted octanol–water partition coefficient (Wildman–Crippen LogP) is 0.261. The second kappa shape index (κ2) is 7.97. The van der Waals surface area contributed by atoms with Gasteiger partial charge in [-0.25, -0.2) is 8.42 Å². The molecule has 0 amide bonds. The van der Waals surface area contributed by atoms with Crippen molar-refractivity contribution in [2.75, 3.05) is 27.2 Å². The van der Waals surface area contributed by atoms with Crippen LogP contribution in [0.2, 0.25) is 0 Å². The summed E-state index contributed by atoms with van der Waals surface area (Å²) < 4.78 is 32.9. The van der Waals surface area contributed by atoms with Gasteiger partial charge in [0.2, 0.25) is 10.4 Å². The zero-order valence-electron chi connectivity index (χ0n) is 10.8. The summed E-state index contributed by atoms with van der Waals surface area (Å²) in [5.41, 5.74) is 5.83. The van der Waals surface area contributed by atoms with Crippen LogP contribution in [-0.2, 0) is 14.6 Å². The van der Waals surface area contributed by atoms with Gasteiger partial charge in [-0.15, -0.1) is 0 Å². The van der Waals surface area contributed by atoms with Crippen molar-refractivity contribution in [1.82, 2.24) is 0 Å². The number of hydrogen-bond donors (Lipinski definition) is 1. The number of nitrogens with zero attached hydrogens (tertiary/aromatic N) is 1. The van der Waals surface area contributed by atoms with Crippen LogP contribution in [0.5, 0.6) is 0 Å². The van der Waals surface area contributed by atoms with E-state index < -0.39 is 10.4 Å². The van der Waals surface area contributed by atoms with Gasteiger partial charge in [0.1, 0.15) is 6.17 Å². The van der Waals surface area contributed by atoms with Gasteiger partial charge in [0.05, 0.1) is 27.2 Å². The molecule has 7 heteroatoms. The van der Waals surface area contributed by atoms with E-state index in [1.54, 1.807) is 0 Å². The fourth-order valence-corrected chi connectivity index (χ4v) is 1.16. The Morgan fingerprint density at radius 3 is 1.81 bits per heavy atom. The van der Waals surface area contributed by atoms with Gasteiger partial charge in [-0.2, -0.15) is 0 Å². The third kappa shape index (κ3) is 10.3. The first-order valence-corrected chi connectivity index (χ1v) is 6.62. The number of hydrogen-bond acceptors (Lipinski definition) is 5. The number of nitrogens with two attached hydrogens (primary N) is 1. The molecule has 0 aromatic rings. The second-order valence-electron chi connectivity index (χ2n) is 3.89. The average Bonchev–Trinajstić information content (AvgIpc) is 2.15. The van der Waals surface area contributed by atoms with Crippen molar-refractivity contribution in [1.29, 1.82) is 0 Å². The molecule has 0 aliphatic heterocycles. The van der Waals surface area contributed by atoms with Crippen LogP contribution in [-0.4, -0.2) is 50.9 Å². The lowest BCUT2D eigenvalue weighted by Crippen LogP contribution is -2.53. The molecule has 6 nitrogen and oxygen atoms in total. The van der Waals surface area contributed by atoms with Gasteiger partial charge in [0, 0.05) is 6.42 Å². The van der Waals surface area contributed by atoms with Crippen molar-refractivity contribution in [3.63, 3.8) is 0 Å². The molecule has 0 bridgehead atoms. The molecular weight excluding hydrogens is 232 g/mol. The summed E-state index contributed by atoms with van der Waals surface area (Å²) in [6.45, 7) is 6.73. The molecule has 1 atom stereocenters. The maximum absolute atomic E-state index is 9.45. The maximum atomic E-state index is 9.45. The monoisotopic (exact) mass is 256 g/mol. The lowest BCUT2D eigenvalue weighted by atomic mass is 10.3. The molecule has 0 saturated carbocycles. The van der Waals surface area contributed by atoms with Gasteiger partial charge in [-0.3, -0.25) is 9.92 Å². The van der Waals surface area contributed by atoms with Crippen molar-refractivity contribution < 1.29 is 21.6 Å². The lowest BCUT2D eigenvalue weighted by Gasteiger charge is -2.33. The van der Waals surface area contributed by atoms with Crippen molar-refractivity contribution in [3.8, 4) is 0 Å². The standard InChI is InChI=1S/C7H19N2.C2H6O4S/c1-5-7(8)9(3,4)6-2;1-2-6-7(3,4)5/h7H,5-6,8H2,1-4H3;2H2,1H3,(H,3,4,5)/q+1;/p-1. The molecule has 0 aliphatic carbocycles. The van der Waals surface area contributed by atoms with Crippen LogP contribution >= 0.6 is 0 Å². The molecule has 0 heterocycles. The zero-order valence-corrected chi connectivity index (χ0v) is 11.6. The quantitative estimate of drug-likeness (QED) is 0.330. The molecule has 0 rings (SSSR count). The van der Waals surface area contributed by atoms with Crippen LogP contribution in [0.3, 0.4) is 0 Å². The minimum absolute atomic E-state index is 0.0914. The van der Waals surface area contributed by atoms with E-state index in [1.807, 2.05) is 0 Å². The van der Waals surface area contributed by atoms with Crippen molar-refractivity contribution in [2.24, 2.45) is 5.73 Å². The van der Waals surface area contributed by atoms with E-state index in [4.69, 9.17) is 5.73 Å². The Bertz CT molecular complexity index is 265. The SMILES string of the molecule is CCC(N)[N+](C)(C)CC.CCOS(=O)(=O)[O-]. The van der Waals surface area contributed by atoms with Gasteiger partial charge >= 0.3 is 0 Å². The summed E-state index contributed by atoms with van der Waals surface area (Å²) in [5.74, 6) is 0. The summed E-state index contributed by atoms with van der Waals surface area (Å²) in [7, 11) is -0.102. The first kappa shape index (κ1) is 18.2. The second-order valence-corrected chi connectivity index (χ2v) is 4.94. The summed E-state index contributed by atoms with van der Waals surface area (Å²) in [6.07, 6.45) is 1.36. The fraction of sp³-hybridized carbons (Fsp3) is 1.00. The van der Waals surface area contributed by atoms with Gasteiger partial charge in [0.15, 0.2) is 0 Å². The van der Waals surface area contributed by atoms with Crippen molar-refractivity contribution in [2.45, 2.75) is 33.4 Å². The third-order valence-electron chi connectivity index (χ3n) is 2.39. The minimum Gasteiger partial charge on any atom is -0.726 e. The van der Waals surface area contributed by atoms with Crippen LogP contribution < -0.4 is 5.73 Å². The lowest BCUT2D eigenvalue weighted by molar-refractivity contribution is -0.913. The molecular formula is C9H24N2O4S. The molecule has 0 aromatic heterocycles. The Morgan fingerprint density at radius 2 is 1.75 bits per heavy atom. The Morgan fingerprint density at radius 1 is 1.31 bits per heavy atom. The van der Waals surface area contributed by atoms with Gasteiger partial charge in [-0.1, -0.05) is 6.92 Å². The van der Waals surface area contributed by atoms with E-state index in [2.05, 4.69) is 32.1 Å². The number of rotatable bonds is 5. The molecule has 0 aliphatic rings. The van der Waals surface area contributed by atoms with Crippen molar-refractivity contribution in [3.05, 3.63) is 0 Å². The highest BCUT2D eigenvalue weighted by Gasteiger charge is 2.19. The van der Waals surface area contributed by atoms with E-state index in [0.29, 0.717) is 6.17 Å². The smallest absolute Gasteiger partial charge is 0.217 e. The molecule has 0 spiro atoms. The van der Waals surface area contributed by atoms with E-state index in [9.17, 15) is 13.0 Å². The largest absolute Gasteiger partial charge is 0.726 e. The fourth-order valence-electron chi connectivity index (χ4n) is 0.873. The molecule has 100 valence electrons. The zero-order chi connectivity index (χ0) is 13.4. The highest BCUT2D eigenvalue weighted by Crippen LogP contribution is 2.02. The van der Waals surface area contributed by atoms with Crippen LogP contribution in [0.1, 0.15) is 27.2 Å². The topological polar surface area (TPSA) is 92.5 Å². The summed E-state index contributed by atoms with van der Waals surface area (Å²) in [4.78, 5) is 0. The molecule has 0 radical (unpaired) electrons. The highest BCUT2D eigenvalue weighted by atomic mass is 32.3. The van der Waals surface area contributed by atoms with E-state index in [-0.39, 0.29) is 6.61 Å². The molecule has 0 saturated heterocycles. The van der Waals surface area contributed by atoms with Gasteiger partial charge < -0.3 is 9.04 Å². The Labute approximate surface area is 98.9 Å². The molecule has 1 unspecified atom stereocenters. The van der Waals surface area contributed by atoms with E-state index in [0.717, 1.165) is 17.4 Å². The highest BCUT2D eigenvalue weighted by molar-refractivity contribution is 7.80. The van der Waals surface area contributed by atoms with Crippen LogP contribution in [0.4, 0.5) is 0 Å². The maximum Gasteiger partial charge on any atom is 0.217 e.